The SMILES string of the molecule is Brc1cncc(O[C@H]2CCOC2)c1. The summed E-state index contributed by atoms with van der Waals surface area (Å²) < 4.78 is 11.8. The Morgan fingerprint density at radius 3 is 3.15 bits per heavy atom. The van der Waals surface area contributed by atoms with E-state index in [2.05, 4.69) is 20.9 Å². The van der Waals surface area contributed by atoms with Gasteiger partial charge in [-0.25, -0.2) is 0 Å². The number of nitrogens with zero attached hydrogens (tertiary/aromatic N) is 1. The molecule has 1 aromatic rings. The lowest BCUT2D eigenvalue weighted by Gasteiger charge is -2.10. The van der Waals surface area contributed by atoms with Crippen LogP contribution in [0.3, 0.4) is 0 Å². The first kappa shape index (κ1) is 8.97. The third kappa shape index (κ3) is 2.42. The zero-order chi connectivity index (χ0) is 9.10. The van der Waals surface area contributed by atoms with E-state index in [9.17, 15) is 0 Å². The van der Waals surface area contributed by atoms with Crippen LogP contribution in [0, 0.1) is 0 Å². The average Bonchev–Trinajstić information content (AvgIpc) is 2.57. The van der Waals surface area contributed by atoms with Gasteiger partial charge in [0, 0.05) is 17.1 Å². The van der Waals surface area contributed by atoms with Gasteiger partial charge in [0.2, 0.25) is 0 Å². The number of ether oxygens (including phenoxy) is 2. The van der Waals surface area contributed by atoms with Crippen LogP contribution >= 0.6 is 15.9 Å². The summed E-state index contributed by atoms with van der Waals surface area (Å²) in [6.07, 6.45) is 4.60. The Morgan fingerprint density at radius 2 is 2.46 bits per heavy atom. The van der Waals surface area contributed by atoms with Gasteiger partial charge in [-0.3, -0.25) is 4.98 Å². The van der Waals surface area contributed by atoms with Crippen molar-refractivity contribution in [1.82, 2.24) is 4.98 Å². The molecule has 70 valence electrons. The van der Waals surface area contributed by atoms with Gasteiger partial charge in [-0.2, -0.15) is 0 Å². The van der Waals surface area contributed by atoms with Crippen LogP contribution in [0.25, 0.3) is 0 Å². The number of aromatic nitrogens is 1. The van der Waals surface area contributed by atoms with Gasteiger partial charge in [0.1, 0.15) is 11.9 Å². The average molecular weight is 244 g/mol. The van der Waals surface area contributed by atoms with E-state index in [0.717, 1.165) is 23.2 Å². The molecule has 1 fully saturated rings. The standard InChI is InChI=1S/C9H10BrNO2/c10-7-3-9(5-11-4-7)13-8-1-2-12-6-8/h3-5,8H,1-2,6H2/t8-/m0/s1. The van der Waals surface area contributed by atoms with Crippen LogP contribution in [-0.2, 0) is 4.74 Å². The van der Waals surface area contributed by atoms with Crippen LogP contribution in [-0.4, -0.2) is 24.3 Å². The predicted molar refractivity (Wildman–Crippen MR) is 51.8 cm³/mol. The zero-order valence-electron chi connectivity index (χ0n) is 7.07. The number of pyridine rings is 1. The van der Waals surface area contributed by atoms with Crippen molar-refractivity contribution in [2.45, 2.75) is 12.5 Å². The Labute approximate surface area is 85.2 Å². The maximum atomic E-state index is 5.64. The number of rotatable bonds is 2. The second-order valence-electron chi connectivity index (χ2n) is 2.94. The summed E-state index contributed by atoms with van der Waals surface area (Å²) in [6, 6.07) is 1.91. The van der Waals surface area contributed by atoms with Crippen molar-refractivity contribution in [3.63, 3.8) is 0 Å². The molecule has 13 heavy (non-hydrogen) atoms. The minimum absolute atomic E-state index is 0.191. The van der Waals surface area contributed by atoms with Crippen LogP contribution in [0.15, 0.2) is 22.9 Å². The first-order valence-corrected chi connectivity index (χ1v) is 4.99. The molecule has 0 N–H and O–H groups in total. The van der Waals surface area contributed by atoms with Crippen molar-refractivity contribution in [2.75, 3.05) is 13.2 Å². The van der Waals surface area contributed by atoms with Crippen LogP contribution < -0.4 is 4.74 Å². The Bertz CT molecular complexity index is 287. The highest BCUT2D eigenvalue weighted by Gasteiger charge is 2.17. The molecule has 0 aromatic carbocycles. The van der Waals surface area contributed by atoms with Crippen molar-refractivity contribution in [2.24, 2.45) is 0 Å². The van der Waals surface area contributed by atoms with Crippen molar-refractivity contribution in [3.8, 4) is 5.75 Å². The fourth-order valence-electron chi connectivity index (χ4n) is 1.26. The van der Waals surface area contributed by atoms with E-state index in [0.29, 0.717) is 6.61 Å². The Kier molecular flexibility index (Phi) is 2.80. The van der Waals surface area contributed by atoms with E-state index in [4.69, 9.17) is 9.47 Å². The molecule has 3 nitrogen and oxygen atoms in total. The minimum atomic E-state index is 0.191. The van der Waals surface area contributed by atoms with Crippen molar-refractivity contribution in [3.05, 3.63) is 22.9 Å². The molecule has 1 saturated heterocycles. The molecule has 1 aromatic heterocycles. The Morgan fingerprint density at radius 1 is 1.54 bits per heavy atom. The normalized spacial score (nSPS) is 21.8. The molecule has 4 heteroatoms. The summed E-state index contributed by atoms with van der Waals surface area (Å²) in [7, 11) is 0. The van der Waals surface area contributed by atoms with Gasteiger partial charge in [-0.15, -0.1) is 0 Å². The maximum Gasteiger partial charge on any atom is 0.139 e. The summed E-state index contributed by atoms with van der Waals surface area (Å²) in [5, 5.41) is 0. The first-order chi connectivity index (χ1) is 6.34. The highest BCUT2D eigenvalue weighted by atomic mass is 79.9. The Balaban J connectivity index is 2.00. The quantitative estimate of drug-likeness (QED) is 0.797. The van der Waals surface area contributed by atoms with E-state index in [1.807, 2.05) is 6.07 Å². The maximum absolute atomic E-state index is 5.64. The summed E-state index contributed by atoms with van der Waals surface area (Å²) >= 11 is 3.34. The highest BCUT2D eigenvalue weighted by Crippen LogP contribution is 2.19. The lowest BCUT2D eigenvalue weighted by molar-refractivity contribution is 0.141. The second kappa shape index (κ2) is 4.07. The minimum Gasteiger partial charge on any atom is -0.486 e. The molecular weight excluding hydrogens is 234 g/mol. The molecule has 2 rings (SSSR count). The summed E-state index contributed by atoms with van der Waals surface area (Å²) in [5.41, 5.74) is 0. The number of hydrogen-bond donors (Lipinski definition) is 0. The van der Waals surface area contributed by atoms with Crippen molar-refractivity contribution >= 4 is 15.9 Å². The van der Waals surface area contributed by atoms with Crippen LogP contribution in [0.5, 0.6) is 5.75 Å². The lowest BCUT2D eigenvalue weighted by atomic mass is 10.3. The fraction of sp³-hybridized carbons (Fsp3) is 0.444. The summed E-state index contributed by atoms with van der Waals surface area (Å²) in [4.78, 5) is 4.01. The van der Waals surface area contributed by atoms with E-state index >= 15 is 0 Å². The largest absolute Gasteiger partial charge is 0.486 e. The molecule has 0 aliphatic carbocycles. The van der Waals surface area contributed by atoms with E-state index < -0.39 is 0 Å². The molecule has 0 amide bonds. The molecular formula is C9H10BrNO2. The summed E-state index contributed by atoms with van der Waals surface area (Å²) in [5.74, 6) is 0.796. The van der Waals surface area contributed by atoms with Gasteiger partial charge in [-0.1, -0.05) is 0 Å². The molecule has 0 unspecified atom stereocenters. The second-order valence-corrected chi connectivity index (χ2v) is 3.86. The van der Waals surface area contributed by atoms with Gasteiger partial charge < -0.3 is 9.47 Å². The number of hydrogen-bond acceptors (Lipinski definition) is 3. The number of halogens is 1. The smallest absolute Gasteiger partial charge is 0.139 e. The zero-order valence-corrected chi connectivity index (χ0v) is 8.66. The molecule has 2 heterocycles. The van der Waals surface area contributed by atoms with Gasteiger partial charge in [0.25, 0.3) is 0 Å². The van der Waals surface area contributed by atoms with Gasteiger partial charge in [0.05, 0.1) is 19.4 Å². The molecule has 0 saturated carbocycles. The van der Waals surface area contributed by atoms with E-state index in [-0.39, 0.29) is 6.10 Å². The molecule has 1 aliphatic rings. The van der Waals surface area contributed by atoms with Gasteiger partial charge in [-0.05, 0) is 22.0 Å². The Hall–Kier alpha value is -0.610. The fourth-order valence-corrected chi connectivity index (χ4v) is 1.60. The molecule has 0 spiro atoms. The molecule has 0 radical (unpaired) electrons. The van der Waals surface area contributed by atoms with Gasteiger partial charge >= 0.3 is 0 Å². The van der Waals surface area contributed by atoms with Crippen molar-refractivity contribution < 1.29 is 9.47 Å². The van der Waals surface area contributed by atoms with Crippen molar-refractivity contribution in [1.29, 1.82) is 0 Å². The topological polar surface area (TPSA) is 31.4 Å². The van der Waals surface area contributed by atoms with E-state index in [1.165, 1.54) is 0 Å². The molecule has 1 atom stereocenters. The van der Waals surface area contributed by atoms with Crippen LogP contribution in [0.4, 0.5) is 0 Å². The van der Waals surface area contributed by atoms with Gasteiger partial charge in [0.15, 0.2) is 0 Å². The summed E-state index contributed by atoms with van der Waals surface area (Å²) in [6.45, 7) is 1.48. The monoisotopic (exact) mass is 243 g/mol. The first-order valence-electron chi connectivity index (χ1n) is 4.19. The third-order valence-corrected chi connectivity index (χ3v) is 2.30. The predicted octanol–water partition coefficient (Wildman–Crippen LogP) is 2.01. The highest BCUT2D eigenvalue weighted by molar-refractivity contribution is 9.10. The molecule has 1 aliphatic heterocycles. The van der Waals surface area contributed by atoms with E-state index in [1.54, 1.807) is 12.4 Å². The third-order valence-electron chi connectivity index (χ3n) is 1.87. The van der Waals surface area contributed by atoms with Crippen LogP contribution in [0.2, 0.25) is 0 Å². The lowest BCUT2D eigenvalue weighted by Crippen LogP contribution is -2.15. The van der Waals surface area contributed by atoms with Crippen LogP contribution in [0.1, 0.15) is 6.42 Å². The molecule has 0 bridgehead atoms.